The van der Waals surface area contributed by atoms with Gasteiger partial charge >= 0.3 is 0 Å². The Balaban J connectivity index is 1.44. The summed E-state index contributed by atoms with van der Waals surface area (Å²) in [6, 6.07) is 1.90. The Morgan fingerprint density at radius 3 is 3.00 bits per heavy atom. The third-order valence-electron chi connectivity index (χ3n) is 4.63. The van der Waals surface area contributed by atoms with Crippen molar-refractivity contribution in [1.82, 2.24) is 14.7 Å². The van der Waals surface area contributed by atoms with E-state index in [4.69, 9.17) is 0 Å². The maximum absolute atomic E-state index is 12.2. The van der Waals surface area contributed by atoms with Gasteiger partial charge in [-0.25, -0.2) is 0 Å². The zero-order valence-corrected chi connectivity index (χ0v) is 11.9. The highest BCUT2D eigenvalue weighted by atomic mass is 16.3. The lowest BCUT2D eigenvalue weighted by atomic mass is 9.90. The zero-order valence-electron chi connectivity index (χ0n) is 11.9. The van der Waals surface area contributed by atoms with E-state index in [9.17, 15) is 9.90 Å². The minimum absolute atomic E-state index is 0.228. The first-order chi connectivity index (χ1) is 9.67. The lowest BCUT2D eigenvalue weighted by Gasteiger charge is -2.35. The Kier molecular flexibility index (Phi) is 3.78. The Bertz CT molecular complexity index is 454. The molecule has 2 heterocycles. The molecule has 3 rings (SSSR count). The van der Waals surface area contributed by atoms with E-state index in [1.54, 1.807) is 6.20 Å². The number of piperidine rings is 1. The van der Waals surface area contributed by atoms with Crippen LogP contribution in [0.5, 0.6) is 0 Å². The summed E-state index contributed by atoms with van der Waals surface area (Å²) >= 11 is 0. The van der Waals surface area contributed by atoms with Crippen LogP contribution >= 0.6 is 0 Å². The van der Waals surface area contributed by atoms with E-state index in [-0.39, 0.29) is 5.91 Å². The van der Waals surface area contributed by atoms with E-state index < -0.39 is 5.60 Å². The first-order valence-corrected chi connectivity index (χ1v) is 7.65. The van der Waals surface area contributed by atoms with Gasteiger partial charge in [0.1, 0.15) is 0 Å². The molecule has 1 saturated carbocycles. The number of nitrogens with zero attached hydrogens (tertiary/aromatic N) is 3. The Hall–Kier alpha value is -1.36. The number of hydrogen-bond donors (Lipinski definition) is 1. The number of hydrogen-bond acceptors (Lipinski definition) is 3. The molecule has 0 radical (unpaired) electrons. The van der Waals surface area contributed by atoms with Gasteiger partial charge in [0.2, 0.25) is 5.91 Å². The van der Waals surface area contributed by atoms with Gasteiger partial charge in [-0.15, -0.1) is 0 Å². The van der Waals surface area contributed by atoms with Crippen molar-refractivity contribution in [1.29, 1.82) is 0 Å². The standard InChI is InChI=1S/C15H23N3O2/c19-14(5-2-10-18-11-3-8-16-18)17-9-1-4-13(12-17)15(20)6-7-15/h3,8,11,13,20H,1-2,4-7,9-10,12H2. The van der Waals surface area contributed by atoms with Crippen molar-refractivity contribution in [2.75, 3.05) is 13.1 Å². The van der Waals surface area contributed by atoms with Gasteiger partial charge in [0.05, 0.1) is 5.60 Å². The van der Waals surface area contributed by atoms with Gasteiger partial charge in [-0.05, 0) is 38.2 Å². The van der Waals surface area contributed by atoms with Crippen molar-refractivity contribution >= 4 is 5.91 Å². The molecule has 20 heavy (non-hydrogen) atoms. The van der Waals surface area contributed by atoms with Crippen LogP contribution in [-0.4, -0.2) is 44.4 Å². The average Bonchev–Trinajstić information content (AvgIpc) is 3.01. The predicted molar refractivity (Wildman–Crippen MR) is 74.9 cm³/mol. The second-order valence-corrected chi connectivity index (χ2v) is 6.16. The maximum Gasteiger partial charge on any atom is 0.222 e. The Morgan fingerprint density at radius 2 is 2.30 bits per heavy atom. The molecular weight excluding hydrogens is 254 g/mol. The fourth-order valence-electron chi connectivity index (χ4n) is 3.16. The maximum atomic E-state index is 12.2. The van der Waals surface area contributed by atoms with Crippen molar-refractivity contribution in [2.24, 2.45) is 5.92 Å². The molecule has 1 atom stereocenters. The molecule has 1 aromatic rings. The number of likely N-dealkylation sites (tertiary alicyclic amines) is 1. The van der Waals surface area contributed by atoms with E-state index in [1.165, 1.54) is 0 Å². The topological polar surface area (TPSA) is 58.4 Å². The van der Waals surface area contributed by atoms with Gasteiger partial charge in [-0.1, -0.05) is 0 Å². The highest BCUT2D eigenvalue weighted by molar-refractivity contribution is 5.76. The van der Waals surface area contributed by atoms with Crippen LogP contribution in [0.15, 0.2) is 18.5 Å². The highest BCUT2D eigenvalue weighted by Crippen LogP contribution is 2.45. The van der Waals surface area contributed by atoms with Crippen LogP contribution in [0, 0.1) is 5.92 Å². The molecule has 1 aromatic heterocycles. The smallest absolute Gasteiger partial charge is 0.222 e. The van der Waals surface area contributed by atoms with Crippen LogP contribution in [0.2, 0.25) is 0 Å². The quantitative estimate of drug-likeness (QED) is 0.885. The molecule has 5 nitrogen and oxygen atoms in total. The number of aromatic nitrogens is 2. The van der Waals surface area contributed by atoms with Crippen LogP contribution in [0.4, 0.5) is 0 Å². The summed E-state index contributed by atoms with van der Waals surface area (Å²) in [6.45, 7) is 2.39. The third kappa shape index (κ3) is 3.03. The summed E-state index contributed by atoms with van der Waals surface area (Å²) in [6.07, 6.45) is 9.00. The SMILES string of the molecule is O=C(CCCn1cccn1)N1CCCC(C2(O)CC2)C1. The Morgan fingerprint density at radius 1 is 1.45 bits per heavy atom. The monoisotopic (exact) mass is 277 g/mol. The highest BCUT2D eigenvalue weighted by Gasteiger charge is 2.48. The molecule has 0 bridgehead atoms. The summed E-state index contributed by atoms with van der Waals surface area (Å²) in [7, 11) is 0. The second kappa shape index (κ2) is 5.56. The van der Waals surface area contributed by atoms with Gasteiger partial charge in [0.15, 0.2) is 0 Å². The fourth-order valence-corrected chi connectivity index (χ4v) is 3.16. The van der Waals surface area contributed by atoms with Crippen LogP contribution in [-0.2, 0) is 11.3 Å². The lowest BCUT2D eigenvalue weighted by Crippen LogP contribution is -2.44. The van der Waals surface area contributed by atoms with Crippen molar-refractivity contribution in [2.45, 2.75) is 50.7 Å². The number of aliphatic hydroxyl groups is 1. The molecule has 5 heteroatoms. The van der Waals surface area contributed by atoms with Crippen LogP contribution in [0.1, 0.15) is 38.5 Å². The second-order valence-electron chi connectivity index (χ2n) is 6.16. The molecule has 110 valence electrons. The van der Waals surface area contributed by atoms with E-state index in [0.717, 1.165) is 51.7 Å². The Labute approximate surface area is 119 Å². The molecule has 2 aliphatic rings. The van der Waals surface area contributed by atoms with E-state index in [0.29, 0.717) is 12.3 Å². The van der Waals surface area contributed by atoms with Crippen LogP contribution < -0.4 is 0 Å². The first kappa shape index (κ1) is 13.6. The number of carbonyl (C=O) groups is 1. The molecule has 1 amide bonds. The summed E-state index contributed by atoms with van der Waals surface area (Å²) < 4.78 is 1.86. The number of carbonyl (C=O) groups excluding carboxylic acids is 1. The van der Waals surface area contributed by atoms with Gasteiger partial charge in [0.25, 0.3) is 0 Å². The molecular formula is C15H23N3O2. The van der Waals surface area contributed by atoms with E-state index in [2.05, 4.69) is 5.10 Å². The number of aryl methyl sites for hydroxylation is 1. The number of rotatable bonds is 5. The molecule has 1 saturated heterocycles. The molecule has 0 aromatic carbocycles. The minimum atomic E-state index is -0.450. The largest absolute Gasteiger partial charge is 0.390 e. The van der Waals surface area contributed by atoms with Gasteiger partial charge in [-0.2, -0.15) is 5.10 Å². The van der Waals surface area contributed by atoms with Crippen LogP contribution in [0.25, 0.3) is 0 Å². The van der Waals surface area contributed by atoms with Crippen molar-refractivity contribution in [3.63, 3.8) is 0 Å². The summed E-state index contributed by atoms with van der Waals surface area (Å²) in [5.74, 6) is 0.525. The normalized spacial score (nSPS) is 24.6. The third-order valence-corrected chi connectivity index (χ3v) is 4.63. The van der Waals surface area contributed by atoms with Gasteiger partial charge in [0, 0.05) is 44.4 Å². The summed E-state index contributed by atoms with van der Waals surface area (Å²) in [4.78, 5) is 14.2. The van der Waals surface area contributed by atoms with Crippen molar-refractivity contribution in [3.8, 4) is 0 Å². The molecule has 1 aliphatic carbocycles. The van der Waals surface area contributed by atoms with E-state index >= 15 is 0 Å². The number of amides is 1. The van der Waals surface area contributed by atoms with E-state index in [1.807, 2.05) is 21.8 Å². The molecule has 1 aliphatic heterocycles. The van der Waals surface area contributed by atoms with Crippen molar-refractivity contribution < 1.29 is 9.90 Å². The first-order valence-electron chi connectivity index (χ1n) is 7.65. The summed E-state index contributed by atoms with van der Waals surface area (Å²) in [5.41, 5.74) is -0.450. The fraction of sp³-hybridized carbons (Fsp3) is 0.733. The lowest BCUT2D eigenvalue weighted by molar-refractivity contribution is -0.134. The molecule has 1 unspecified atom stereocenters. The van der Waals surface area contributed by atoms with Gasteiger partial charge < -0.3 is 10.0 Å². The zero-order chi connectivity index (χ0) is 14.0. The van der Waals surface area contributed by atoms with Crippen molar-refractivity contribution in [3.05, 3.63) is 18.5 Å². The summed E-state index contributed by atoms with van der Waals surface area (Å²) in [5, 5.41) is 14.3. The molecule has 1 N–H and O–H groups in total. The van der Waals surface area contributed by atoms with Gasteiger partial charge in [-0.3, -0.25) is 9.48 Å². The average molecular weight is 277 g/mol. The minimum Gasteiger partial charge on any atom is -0.390 e. The molecule has 2 fully saturated rings. The van der Waals surface area contributed by atoms with Crippen LogP contribution in [0.3, 0.4) is 0 Å². The predicted octanol–water partition coefficient (Wildman–Crippen LogP) is 1.43. The molecule has 0 spiro atoms.